The zero-order valence-corrected chi connectivity index (χ0v) is 8.14. The van der Waals surface area contributed by atoms with Crippen LogP contribution in [0.15, 0.2) is 35.9 Å². The molecule has 0 aliphatic carbocycles. The molecule has 1 atom stereocenters. The lowest BCUT2D eigenvalue weighted by Gasteiger charge is -2.10. The van der Waals surface area contributed by atoms with Gasteiger partial charge in [0.2, 0.25) is 0 Å². The Labute approximate surface area is 86.7 Å². The third kappa shape index (κ3) is 2.10. The highest BCUT2D eigenvalue weighted by Gasteiger charge is 2.23. The average molecular weight is 206 g/mol. The Bertz CT molecular complexity index is 405. The first kappa shape index (κ1) is 9.58. The number of cyclic esters (lactones) is 1. The summed E-state index contributed by atoms with van der Waals surface area (Å²) in [5, 5.41) is 9.05. The van der Waals surface area contributed by atoms with Gasteiger partial charge >= 0.3 is 5.97 Å². The van der Waals surface area contributed by atoms with Gasteiger partial charge in [0.05, 0.1) is 0 Å². The lowest BCUT2D eigenvalue weighted by Crippen LogP contribution is -2.15. The Balaban J connectivity index is 2.05. The third-order valence-electron chi connectivity index (χ3n) is 2.02. The monoisotopic (exact) mass is 206 g/mol. The van der Waals surface area contributed by atoms with Crippen LogP contribution in [0.25, 0.3) is 0 Å². The summed E-state index contributed by atoms with van der Waals surface area (Å²) in [6.07, 6.45) is 0.942. The molecule has 0 bridgehead atoms. The maximum absolute atomic E-state index is 11.0. The van der Waals surface area contributed by atoms with E-state index in [2.05, 4.69) is 0 Å². The molecule has 1 unspecified atom stereocenters. The lowest BCUT2D eigenvalue weighted by molar-refractivity contribution is -0.148. The van der Waals surface area contributed by atoms with E-state index in [0.717, 1.165) is 0 Å². The molecule has 1 heterocycles. The fourth-order valence-electron chi connectivity index (χ4n) is 1.22. The number of phenolic OH excluding ortho intramolecular Hbond substituents is 1. The SMILES string of the molecule is CC1=CC(Oc2ccc(O)cc2)OC1=O. The largest absolute Gasteiger partial charge is 0.508 e. The predicted octanol–water partition coefficient (Wildman–Crippen LogP) is 1.60. The number of phenols is 1. The summed E-state index contributed by atoms with van der Waals surface area (Å²) in [5.74, 6) is 0.341. The van der Waals surface area contributed by atoms with Crippen molar-refractivity contribution in [1.82, 2.24) is 0 Å². The predicted molar refractivity (Wildman–Crippen MR) is 52.4 cm³/mol. The zero-order chi connectivity index (χ0) is 10.8. The minimum atomic E-state index is -0.665. The van der Waals surface area contributed by atoms with E-state index < -0.39 is 6.29 Å². The molecule has 78 valence electrons. The second-order valence-electron chi connectivity index (χ2n) is 3.24. The molecule has 2 rings (SSSR count). The highest BCUT2D eigenvalue weighted by Crippen LogP contribution is 2.21. The topological polar surface area (TPSA) is 55.8 Å². The van der Waals surface area contributed by atoms with E-state index in [1.54, 1.807) is 25.1 Å². The zero-order valence-electron chi connectivity index (χ0n) is 8.14. The van der Waals surface area contributed by atoms with Gasteiger partial charge in [-0.1, -0.05) is 0 Å². The summed E-state index contributed by atoms with van der Waals surface area (Å²) >= 11 is 0. The first-order valence-corrected chi connectivity index (χ1v) is 4.50. The summed E-state index contributed by atoms with van der Waals surface area (Å²) < 4.78 is 10.2. The van der Waals surface area contributed by atoms with Gasteiger partial charge < -0.3 is 14.6 Å². The molecule has 1 aliphatic heterocycles. The van der Waals surface area contributed by atoms with Crippen molar-refractivity contribution in [3.63, 3.8) is 0 Å². The van der Waals surface area contributed by atoms with Crippen LogP contribution in [-0.4, -0.2) is 17.4 Å². The van der Waals surface area contributed by atoms with Gasteiger partial charge in [-0.2, -0.15) is 0 Å². The second-order valence-corrected chi connectivity index (χ2v) is 3.24. The second kappa shape index (κ2) is 3.65. The molecular formula is C11H10O4. The number of carbonyl (C=O) groups excluding carboxylic acids is 1. The van der Waals surface area contributed by atoms with Crippen molar-refractivity contribution < 1.29 is 19.4 Å². The standard InChI is InChI=1S/C11H10O4/c1-7-6-10(15-11(7)13)14-9-4-2-8(12)3-5-9/h2-6,10,12H,1H3. The summed E-state index contributed by atoms with van der Waals surface area (Å²) in [7, 11) is 0. The molecule has 1 aromatic carbocycles. The van der Waals surface area contributed by atoms with E-state index in [9.17, 15) is 4.79 Å². The van der Waals surface area contributed by atoms with Gasteiger partial charge in [0, 0.05) is 11.6 Å². The normalized spacial score (nSPS) is 19.7. The van der Waals surface area contributed by atoms with Crippen LogP contribution >= 0.6 is 0 Å². The highest BCUT2D eigenvalue weighted by molar-refractivity contribution is 5.90. The Morgan fingerprint density at radius 1 is 1.33 bits per heavy atom. The number of carbonyl (C=O) groups is 1. The number of hydrogen-bond acceptors (Lipinski definition) is 4. The fourth-order valence-corrected chi connectivity index (χ4v) is 1.22. The van der Waals surface area contributed by atoms with Crippen LogP contribution in [0.5, 0.6) is 11.5 Å². The Morgan fingerprint density at radius 2 is 2.00 bits per heavy atom. The van der Waals surface area contributed by atoms with Crippen molar-refractivity contribution in [3.05, 3.63) is 35.9 Å². The molecule has 0 saturated heterocycles. The number of hydrogen-bond donors (Lipinski definition) is 1. The quantitative estimate of drug-likeness (QED) is 0.747. The minimum absolute atomic E-state index is 0.164. The van der Waals surface area contributed by atoms with Crippen molar-refractivity contribution in [3.8, 4) is 11.5 Å². The summed E-state index contributed by atoms with van der Waals surface area (Å²) in [6.45, 7) is 1.67. The number of benzene rings is 1. The van der Waals surface area contributed by atoms with E-state index in [1.807, 2.05) is 0 Å². The molecule has 0 aromatic heterocycles. The molecule has 4 nitrogen and oxygen atoms in total. The van der Waals surface area contributed by atoms with Crippen molar-refractivity contribution in [2.75, 3.05) is 0 Å². The van der Waals surface area contributed by atoms with Crippen molar-refractivity contribution in [1.29, 1.82) is 0 Å². The Hall–Kier alpha value is -1.97. The van der Waals surface area contributed by atoms with Gasteiger partial charge in [-0.3, -0.25) is 0 Å². The molecule has 1 N–H and O–H groups in total. The van der Waals surface area contributed by atoms with E-state index in [0.29, 0.717) is 11.3 Å². The lowest BCUT2D eigenvalue weighted by atomic mass is 10.3. The molecule has 0 fully saturated rings. The Kier molecular flexibility index (Phi) is 2.33. The van der Waals surface area contributed by atoms with Gasteiger partial charge in [0.25, 0.3) is 6.29 Å². The fraction of sp³-hybridized carbons (Fsp3) is 0.182. The van der Waals surface area contributed by atoms with Crippen LogP contribution < -0.4 is 4.74 Å². The van der Waals surface area contributed by atoms with Crippen molar-refractivity contribution in [2.45, 2.75) is 13.2 Å². The van der Waals surface area contributed by atoms with Crippen LogP contribution in [-0.2, 0) is 9.53 Å². The van der Waals surface area contributed by atoms with Gasteiger partial charge in [-0.05, 0) is 31.2 Å². The van der Waals surface area contributed by atoms with Crippen molar-refractivity contribution in [2.24, 2.45) is 0 Å². The molecule has 0 radical (unpaired) electrons. The van der Waals surface area contributed by atoms with Crippen LogP contribution in [0.3, 0.4) is 0 Å². The maximum atomic E-state index is 11.0. The first-order valence-electron chi connectivity index (χ1n) is 4.50. The maximum Gasteiger partial charge on any atom is 0.336 e. The molecule has 4 heteroatoms. The number of esters is 1. The first-order chi connectivity index (χ1) is 7.15. The number of aromatic hydroxyl groups is 1. The van der Waals surface area contributed by atoms with Gasteiger partial charge in [-0.15, -0.1) is 0 Å². The summed E-state index contributed by atoms with van der Waals surface area (Å²) in [5.41, 5.74) is 0.541. The van der Waals surface area contributed by atoms with E-state index in [4.69, 9.17) is 14.6 Å². The van der Waals surface area contributed by atoms with Crippen LogP contribution in [0, 0.1) is 0 Å². The summed E-state index contributed by atoms with van der Waals surface area (Å²) in [6, 6.07) is 6.21. The summed E-state index contributed by atoms with van der Waals surface area (Å²) in [4.78, 5) is 11.0. The highest BCUT2D eigenvalue weighted by atomic mass is 16.7. The molecule has 1 aliphatic rings. The van der Waals surface area contributed by atoms with E-state index >= 15 is 0 Å². The van der Waals surface area contributed by atoms with Gasteiger partial charge in [-0.25, -0.2) is 4.79 Å². The number of rotatable bonds is 2. The molecular weight excluding hydrogens is 196 g/mol. The molecule has 0 amide bonds. The van der Waals surface area contributed by atoms with E-state index in [-0.39, 0.29) is 11.7 Å². The number of ether oxygens (including phenoxy) is 2. The third-order valence-corrected chi connectivity index (χ3v) is 2.02. The van der Waals surface area contributed by atoms with E-state index in [1.165, 1.54) is 12.1 Å². The average Bonchev–Trinajstić information content (AvgIpc) is 2.50. The van der Waals surface area contributed by atoms with Crippen LogP contribution in [0.1, 0.15) is 6.92 Å². The Morgan fingerprint density at radius 3 is 2.53 bits per heavy atom. The van der Waals surface area contributed by atoms with Gasteiger partial charge in [0.1, 0.15) is 11.5 Å². The molecule has 0 saturated carbocycles. The molecule has 15 heavy (non-hydrogen) atoms. The minimum Gasteiger partial charge on any atom is -0.508 e. The molecule has 1 aromatic rings. The van der Waals surface area contributed by atoms with Gasteiger partial charge in [0.15, 0.2) is 0 Å². The van der Waals surface area contributed by atoms with Crippen molar-refractivity contribution >= 4 is 5.97 Å². The smallest absolute Gasteiger partial charge is 0.336 e. The molecule has 0 spiro atoms. The van der Waals surface area contributed by atoms with Crippen LogP contribution in [0.2, 0.25) is 0 Å². The van der Waals surface area contributed by atoms with Crippen LogP contribution in [0.4, 0.5) is 0 Å².